The number of rotatable bonds is 7. The third-order valence-corrected chi connectivity index (χ3v) is 8.31. The fourth-order valence-electron chi connectivity index (χ4n) is 5.85. The van der Waals surface area contributed by atoms with Gasteiger partial charge in [0, 0.05) is 81.1 Å². The van der Waals surface area contributed by atoms with Gasteiger partial charge in [0.25, 0.3) is 0 Å². The van der Waals surface area contributed by atoms with Gasteiger partial charge in [-0.25, -0.2) is 0 Å². The van der Waals surface area contributed by atoms with Crippen molar-refractivity contribution in [1.82, 2.24) is 20.0 Å². The molecule has 1 N–H and O–H groups in total. The number of piperazine rings is 2. The zero-order valence-electron chi connectivity index (χ0n) is 23.8. The second-order valence-corrected chi connectivity index (χ2v) is 11.0. The molecule has 0 bridgehead atoms. The summed E-state index contributed by atoms with van der Waals surface area (Å²) < 4.78 is 39.4. The van der Waals surface area contributed by atoms with Crippen LogP contribution in [0.1, 0.15) is 18.1 Å². The largest absolute Gasteiger partial charge is 0.416 e. The number of fused-ring (bicyclic) bond motifs is 1. The van der Waals surface area contributed by atoms with Crippen LogP contribution in [-0.2, 0) is 12.7 Å². The van der Waals surface area contributed by atoms with Gasteiger partial charge in [0.2, 0.25) is 0 Å². The molecule has 1 aromatic heterocycles. The van der Waals surface area contributed by atoms with Gasteiger partial charge < -0.3 is 20.0 Å². The van der Waals surface area contributed by atoms with Gasteiger partial charge in [-0.15, -0.1) is 10.2 Å². The number of aromatic nitrogens is 2. The average Bonchev–Trinajstić information content (AvgIpc) is 3.02. The van der Waals surface area contributed by atoms with Crippen LogP contribution in [0.25, 0.3) is 10.8 Å². The van der Waals surface area contributed by atoms with E-state index in [2.05, 4.69) is 78.4 Å². The minimum absolute atomic E-state index is 0.487. The van der Waals surface area contributed by atoms with Crippen LogP contribution in [0.15, 0.2) is 72.8 Å². The number of nitrogens with zero attached hydrogens (tertiary/aromatic N) is 6. The first-order chi connectivity index (χ1) is 20.4. The maximum Gasteiger partial charge on any atom is 0.416 e. The van der Waals surface area contributed by atoms with Crippen molar-refractivity contribution in [3.8, 4) is 0 Å². The maximum absolute atomic E-state index is 13.1. The van der Waals surface area contributed by atoms with Crippen molar-refractivity contribution in [3.05, 3.63) is 83.9 Å². The van der Waals surface area contributed by atoms with Gasteiger partial charge in [0.1, 0.15) is 0 Å². The van der Waals surface area contributed by atoms with Gasteiger partial charge in [-0.1, -0.05) is 49.4 Å². The Labute approximate surface area is 244 Å². The number of nitrogens with one attached hydrogen (secondary N) is 1. The molecule has 2 aliphatic rings. The Morgan fingerprint density at radius 3 is 2.07 bits per heavy atom. The van der Waals surface area contributed by atoms with E-state index in [1.54, 1.807) is 6.07 Å². The predicted octanol–water partition coefficient (Wildman–Crippen LogP) is 5.86. The molecule has 7 nitrogen and oxygen atoms in total. The molecule has 0 unspecified atom stereocenters. The minimum atomic E-state index is -4.33. The van der Waals surface area contributed by atoms with Gasteiger partial charge in [-0.2, -0.15) is 13.2 Å². The van der Waals surface area contributed by atoms with E-state index in [1.165, 1.54) is 17.8 Å². The van der Waals surface area contributed by atoms with Gasteiger partial charge in [-0.05, 0) is 42.4 Å². The van der Waals surface area contributed by atoms with Crippen molar-refractivity contribution in [2.24, 2.45) is 0 Å². The summed E-state index contributed by atoms with van der Waals surface area (Å²) in [5.74, 6) is 1.54. The molecule has 0 atom stereocenters. The molecule has 6 rings (SSSR count). The van der Waals surface area contributed by atoms with E-state index in [9.17, 15) is 13.2 Å². The second-order valence-electron chi connectivity index (χ2n) is 11.0. The highest BCUT2D eigenvalue weighted by molar-refractivity contribution is 5.99. The molecule has 3 heterocycles. The summed E-state index contributed by atoms with van der Waals surface area (Å²) in [7, 11) is 0. The van der Waals surface area contributed by atoms with Crippen LogP contribution >= 0.6 is 0 Å². The van der Waals surface area contributed by atoms with Crippen molar-refractivity contribution < 1.29 is 13.2 Å². The first-order valence-corrected chi connectivity index (χ1v) is 14.6. The molecule has 220 valence electrons. The summed E-state index contributed by atoms with van der Waals surface area (Å²) in [6, 6.07) is 22.2. The maximum atomic E-state index is 13.1. The molecule has 2 aliphatic heterocycles. The molecule has 0 amide bonds. The summed E-state index contributed by atoms with van der Waals surface area (Å²) >= 11 is 0. The quantitative estimate of drug-likeness (QED) is 0.297. The zero-order chi connectivity index (χ0) is 29.1. The number of hydrogen-bond acceptors (Lipinski definition) is 7. The molecule has 10 heteroatoms. The molecule has 2 fully saturated rings. The number of halogens is 3. The Hall–Kier alpha value is -3.89. The van der Waals surface area contributed by atoms with Crippen molar-refractivity contribution in [2.45, 2.75) is 19.6 Å². The monoisotopic (exact) mass is 575 g/mol. The summed E-state index contributed by atoms with van der Waals surface area (Å²) in [5, 5.41) is 14.7. The topological polar surface area (TPSA) is 50.8 Å². The van der Waals surface area contributed by atoms with Gasteiger partial charge in [0.15, 0.2) is 11.6 Å². The van der Waals surface area contributed by atoms with Crippen molar-refractivity contribution in [3.63, 3.8) is 0 Å². The highest BCUT2D eigenvalue weighted by Crippen LogP contribution is 2.32. The molecule has 0 aliphatic carbocycles. The van der Waals surface area contributed by atoms with E-state index < -0.39 is 11.7 Å². The van der Waals surface area contributed by atoms with Crippen LogP contribution in [0.5, 0.6) is 0 Å². The van der Waals surface area contributed by atoms with E-state index in [0.717, 1.165) is 87.2 Å². The van der Waals surface area contributed by atoms with Crippen LogP contribution < -0.4 is 15.1 Å². The SMILES string of the molecule is CCN1CCN(c2ccc(Nc3nnc(N4CCN(Cc5cccc(C(F)(F)F)c5)CC4)c4ccccc34)cc2)CC1. The van der Waals surface area contributed by atoms with Crippen molar-refractivity contribution >= 4 is 33.8 Å². The minimum Gasteiger partial charge on any atom is -0.369 e. The highest BCUT2D eigenvalue weighted by atomic mass is 19.4. The first-order valence-electron chi connectivity index (χ1n) is 14.6. The van der Waals surface area contributed by atoms with E-state index in [0.29, 0.717) is 17.9 Å². The van der Waals surface area contributed by atoms with Crippen LogP contribution in [-0.4, -0.2) is 78.9 Å². The van der Waals surface area contributed by atoms with Crippen molar-refractivity contribution in [1.29, 1.82) is 0 Å². The number of anilines is 4. The molecule has 0 saturated carbocycles. The summed E-state index contributed by atoms with van der Waals surface area (Å²) in [6.07, 6.45) is -4.33. The normalized spacial score (nSPS) is 17.1. The second kappa shape index (κ2) is 12.1. The average molecular weight is 576 g/mol. The molecule has 4 aromatic rings. The standard InChI is InChI=1S/C32H36F3N7/c1-2-39-14-18-41(19-15-39)27-12-10-26(11-13-27)36-30-28-8-3-4-9-29(28)31(38-37-30)42-20-16-40(17-21-42)23-24-6-5-7-25(22-24)32(33,34)35/h3-13,22H,2,14-21,23H2,1H3,(H,36,37). The first kappa shape index (κ1) is 28.2. The Morgan fingerprint density at radius 2 is 1.38 bits per heavy atom. The molecular weight excluding hydrogens is 539 g/mol. The van der Waals surface area contributed by atoms with Gasteiger partial charge in [-0.3, -0.25) is 4.90 Å². The lowest BCUT2D eigenvalue weighted by Crippen LogP contribution is -2.46. The van der Waals surface area contributed by atoms with Crippen LogP contribution in [0.2, 0.25) is 0 Å². The van der Waals surface area contributed by atoms with Crippen LogP contribution in [0.4, 0.5) is 36.2 Å². The fraction of sp³-hybridized carbons (Fsp3) is 0.375. The van der Waals surface area contributed by atoms with E-state index in [4.69, 9.17) is 0 Å². The zero-order valence-corrected chi connectivity index (χ0v) is 23.8. The number of benzene rings is 3. The number of hydrogen-bond donors (Lipinski definition) is 1. The lowest BCUT2D eigenvalue weighted by atomic mass is 10.1. The molecule has 2 saturated heterocycles. The number of likely N-dealkylation sites (N-methyl/N-ethyl adjacent to an activating group) is 1. The Balaban J connectivity index is 1.11. The molecule has 0 radical (unpaired) electrons. The Bertz CT molecular complexity index is 1490. The lowest BCUT2D eigenvalue weighted by molar-refractivity contribution is -0.137. The third-order valence-electron chi connectivity index (χ3n) is 8.31. The molecule has 3 aromatic carbocycles. The highest BCUT2D eigenvalue weighted by Gasteiger charge is 2.30. The Kier molecular flexibility index (Phi) is 8.17. The van der Waals surface area contributed by atoms with E-state index >= 15 is 0 Å². The Morgan fingerprint density at radius 1 is 0.714 bits per heavy atom. The van der Waals surface area contributed by atoms with Crippen LogP contribution in [0.3, 0.4) is 0 Å². The van der Waals surface area contributed by atoms with Crippen molar-refractivity contribution in [2.75, 3.05) is 74.0 Å². The summed E-state index contributed by atoms with van der Waals surface area (Å²) in [5.41, 5.74) is 2.26. The summed E-state index contributed by atoms with van der Waals surface area (Å²) in [4.78, 5) is 9.31. The fourth-order valence-corrected chi connectivity index (χ4v) is 5.85. The van der Waals surface area contributed by atoms with Gasteiger partial charge >= 0.3 is 6.18 Å². The van der Waals surface area contributed by atoms with E-state index in [-0.39, 0.29) is 0 Å². The molecular formula is C32H36F3N7. The van der Waals surface area contributed by atoms with E-state index in [1.807, 2.05) is 12.1 Å². The predicted molar refractivity (Wildman–Crippen MR) is 163 cm³/mol. The summed E-state index contributed by atoms with van der Waals surface area (Å²) in [6.45, 7) is 11.0. The smallest absolute Gasteiger partial charge is 0.369 e. The van der Waals surface area contributed by atoms with Gasteiger partial charge in [0.05, 0.1) is 5.56 Å². The third kappa shape index (κ3) is 6.29. The van der Waals surface area contributed by atoms with Crippen LogP contribution in [0, 0.1) is 0 Å². The molecule has 42 heavy (non-hydrogen) atoms. The molecule has 0 spiro atoms. The lowest BCUT2D eigenvalue weighted by Gasteiger charge is -2.35. The number of alkyl halides is 3.